The minimum atomic E-state index is 0.0827. The summed E-state index contributed by atoms with van der Waals surface area (Å²) in [7, 11) is 0. The molecular weight excluding hydrogens is 252 g/mol. The molecule has 0 amide bonds. The molecule has 104 valence electrons. The van der Waals surface area contributed by atoms with Crippen molar-refractivity contribution in [2.45, 2.75) is 33.0 Å². The Morgan fingerprint density at radius 2 is 1.85 bits per heavy atom. The monoisotopic (exact) mass is 270 g/mol. The molecular formula is C15H18N4O. The van der Waals surface area contributed by atoms with Gasteiger partial charge in [-0.3, -0.25) is 9.13 Å². The number of benzene rings is 1. The Morgan fingerprint density at radius 1 is 1.10 bits per heavy atom. The van der Waals surface area contributed by atoms with Crippen molar-refractivity contribution in [2.24, 2.45) is 0 Å². The number of aryl methyl sites for hydroxylation is 3. The van der Waals surface area contributed by atoms with E-state index < -0.39 is 0 Å². The molecule has 1 aromatic carbocycles. The van der Waals surface area contributed by atoms with Gasteiger partial charge >= 0.3 is 5.69 Å². The summed E-state index contributed by atoms with van der Waals surface area (Å²) in [5, 5.41) is 0. The average molecular weight is 270 g/mol. The lowest BCUT2D eigenvalue weighted by molar-refractivity contribution is 0.551. The van der Waals surface area contributed by atoms with Crippen LogP contribution in [-0.2, 0) is 19.6 Å². The number of rotatable bonds is 5. The molecule has 0 N–H and O–H groups in total. The van der Waals surface area contributed by atoms with Gasteiger partial charge in [0.15, 0.2) is 0 Å². The van der Waals surface area contributed by atoms with Crippen LogP contribution in [0.25, 0.3) is 11.0 Å². The second-order valence-electron chi connectivity index (χ2n) is 4.82. The molecule has 5 heteroatoms. The summed E-state index contributed by atoms with van der Waals surface area (Å²) in [6.45, 7) is 4.31. The number of hydrogen-bond donors (Lipinski definition) is 0. The van der Waals surface area contributed by atoms with Crippen LogP contribution in [0.1, 0.15) is 13.3 Å². The minimum Gasteiger partial charge on any atom is -0.337 e. The topological polar surface area (TPSA) is 44.8 Å². The van der Waals surface area contributed by atoms with E-state index in [1.807, 2.05) is 51.1 Å². The third-order valence-corrected chi connectivity index (χ3v) is 3.60. The molecule has 0 spiro atoms. The van der Waals surface area contributed by atoms with Crippen LogP contribution in [0.15, 0.2) is 47.8 Å². The van der Waals surface area contributed by atoms with Crippen LogP contribution in [-0.4, -0.2) is 18.7 Å². The van der Waals surface area contributed by atoms with Gasteiger partial charge in [-0.25, -0.2) is 9.78 Å². The highest BCUT2D eigenvalue weighted by Gasteiger charge is 2.10. The molecule has 0 aliphatic rings. The molecule has 20 heavy (non-hydrogen) atoms. The summed E-state index contributed by atoms with van der Waals surface area (Å²) in [6.07, 6.45) is 6.43. The lowest BCUT2D eigenvalue weighted by Crippen LogP contribution is -2.24. The van der Waals surface area contributed by atoms with Crippen LogP contribution >= 0.6 is 0 Å². The zero-order valence-corrected chi connectivity index (χ0v) is 11.6. The molecule has 3 aromatic rings. The molecule has 0 saturated heterocycles. The van der Waals surface area contributed by atoms with Crippen molar-refractivity contribution in [1.82, 2.24) is 18.7 Å². The number of nitrogens with zero attached hydrogens (tertiary/aromatic N) is 4. The van der Waals surface area contributed by atoms with E-state index in [1.54, 1.807) is 12.5 Å². The standard InChI is InChI=1S/C15H18N4O/c1-2-18-13-6-3-4-7-14(13)19(15(18)20)10-5-9-17-11-8-16-12-17/h3-4,6-8,11-12H,2,5,9-10H2,1H3. The first-order chi connectivity index (χ1) is 9.81. The maximum atomic E-state index is 12.4. The summed E-state index contributed by atoms with van der Waals surface area (Å²) in [6, 6.07) is 7.98. The molecule has 2 aromatic heterocycles. The van der Waals surface area contributed by atoms with E-state index in [4.69, 9.17) is 0 Å². The molecule has 0 fully saturated rings. The molecule has 3 rings (SSSR count). The SMILES string of the molecule is CCn1c(=O)n(CCCn2ccnc2)c2ccccc21. The molecule has 0 unspecified atom stereocenters. The fourth-order valence-corrected chi connectivity index (χ4v) is 2.62. The Hall–Kier alpha value is -2.30. The number of aromatic nitrogens is 4. The maximum Gasteiger partial charge on any atom is 0.329 e. The molecule has 0 aliphatic heterocycles. The fourth-order valence-electron chi connectivity index (χ4n) is 2.62. The van der Waals surface area contributed by atoms with Gasteiger partial charge in [0.1, 0.15) is 0 Å². The molecule has 0 atom stereocenters. The van der Waals surface area contributed by atoms with Crippen LogP contribution in [0.3, 0.4) is 0 Å². The van der Waals surface area contributed by atoms with E-state index in [0.717, 1.165) is 30.5 Å². The van der Waals surface area contributed by atoms with Crippen LogP contribution in [0.4, 0.5) is 0 Å². The molecule has 5 nitrogen and oxygen atoms in total. The first kappa shape index (κ1) is 12.7. The van der Waals surface area contributed by atoms with Gasteiger partial charge in [0.05, 0.1) is 17.4 Å². The molecule has 0 radical (unpaired) electrons. The van der Waals surface area contributed by atoms with E-state index in [1.165, 1.54) is 0 Å². The number of imidazole rings is 2. The predicted molar refractivity (Wildman–Crippen MR) is 78.7 cm³/mol. The maximum absolute atomic E-state index is 12.4. The second-order valence-corrected chi connectivity index (χ2v) is 4.82. The quantitative estimate of drug-likeness (QED) is 0.712. The Kier molecular flexibility index (Phi) is 3.41. The van der Waals surface area contributed by atoms with Crippen molar-refractivity contribution in [1.29, 1.82) is 0 Å². The van der Waals surface area contributed by atoms with Crippen molar-refractivity contribution in [3.63, 3.8) is 0 Å². The second kappa shape index (κ2) is 5.36. The summed E-state index contributed by atoms with van der Waals surface area (Å²) in [5.74, 6) is 0. The third-order valence-electron chi connectivity index (χ3n) is 3.60. The van der Waals surface area contributed by atoms with Crippen molar-refractivity contribution in [2.75, 3.05) is 0 Å². The van der Waals surface area contributed by atoms with Crippen LogP contribution in [0.2, 0.25) is 0 Å². The summed E-state index contributed by atoms with van der Waals surface area (Å²) < 4.78 is 5.73. The smallest absolute Gasteiger partial charge is 0.329 e. The van der Waals surface area contributed by atoms with E-state index in [9.17, 15) is 4.79 Å². The Balaban J connectivity index is 1.87. The number of fused-ring (bicyclic) bond motifs is 1. The Morgan fingerprint density at radius 3 is 2.50 bits per heavy atom. The zero-order chi connectivity index (χ0) is 13.9. The van der Waals surface area contributed by atoms with Crippen molar-refractivity contribution < 1.29 is 0 Å². The summed E-state index contributed by atoms with van der Waals surface area (Å²) in [5.41, 5.74) is 2.12. The van der Waals surface area contributed by atoms with E-state index in [2.05, 4.69) is 4.98 Å². The molecule has 0 saturated carbocycles. The van der Waals surface area contributed by atoms with Gasteiger partial charge in [0, 0.05) is 32.0 Å². The minimum absolute atomic E-state index is 0.0827. The van der Waals surface area contributed by atoms with E-state index >= 15 is 0 Å². The third kappa shape index (κ3) is 2.15. The summed E-state index contributed by atoms with van der Waals surface area (Å²) >= 11 is 0. The highest BCUT2D eigenvalue weighted by molar-refractivity contribution is 5.75. The number of hydrogen-bond acceptors (Lipinski definition) is 2. The lowest BCUT2D eigenvalue weighted by atomic mass is 10.3. The predicted octanol–water partition coefficient (Wildman–Crippen LogP) is 2.11. The highest BCUT2D eigenvalue weighted by Crippen LogP contribution is 2.13. The lowest BCUT2D eigenvalue weighted by Gasteiger charge is -2.04. The number of para-hydroxylation sites is 2. The first-order valence-electron chi connectivity index (χ1n) is 6.95. The van der Waals surface area contributed by atoms with Gasteiger partial charge in [0.2, 0.25) is 0 Å². The summed E-state index contributed by atoms with van der Waals surface area (Å²) in [4.78, 5) is 16.4. The van der Waals surface area contributed by atoms with Crippen LogP contribution in [0, 0.1) is 0 Å². The van der Waals surface area contributed by atoms with Crippen molar-refractivity contribution >= 4 is 11.0 Å². The highest BCUT2D eigenvalue weighted by atomic mass is 16.1. The van der Waals surface area contributed by atoms with Crippen molar-refractivity contribution in [3.05, 3.63) is 53.5 Å². The van der Waals surface area contributed by atoms with E-state index in [-0.39, 0.29) is 5.69 Å². The van der Waals surface area contributed by atoms with Gasteiger partial charge in [-0.05, 0) is 25.5 Å². The largest absolute Gasteiger partial charge is 0.337 e. The van der Waals surface area contributed by atoms with Gasteiger partial charge in [-0.1, -0.05) is 12.1 Å². The molecule has 0 aliphatic carbocycles. The molecule has 0 bridgehead atoms. The van der Waals surface area contributed by atoms with Gasteiger partial charge < -0.3 is 4.57 Å². The van der Waals surface area contributed by atoms with Gasteiger partial charge in [0.25, 0.3) is 0 Å². The molecule has 2 heterocycles. The average Bonchev–Trinajstić information content (AvgIpc) is 3.06. The Labute approximate surface area is 117 Å². The van der Waals surface area contributed by atoms with Crippen molar-refractivity contribution in [3.8, 4) is 0 Å². The van der Waals surface area contributed by atoms with Gasteiger partial charge in [-0.15, -0.1) is 0 Å². The van der Waals surface area contributed by atoms with Crippen LogP contribution < -0.4 is 5.69 Å². The normalized spacial score (nSPS) is 11.2. The van der Waals surface area contributed by atoms with Crippen LogP contribution in [0.5, 0.6) is 0 Å². The Bertz CT molecular complexity index is 752. The van der Waals surface area contributed by atoms with E-state index in [0.29, 0.717) is 6.54 Å². The fraction of sp³-hybridized carbons (Fsp3) is 0.333. The first-order valence-corrected chi connectivity index (χ1v) is 6.95. The zero-order valence-electron chi connectivity index (χ0n) is 11.6. The van der Waals surface area contributed by atoms with Gasteiger partial charge in [-0.2, -0.15) is 0 Å².